The maximum absolute atomic E-state index is 13.9. The Kier molecular flexibility index (Phi) is 7.11. The highest BCUT2D eigenvalue weighted by Gasteiger charge is 2.48. The van der Waals surface area contributed by atoms with Gasteiger partial charge in [0.05, 0.1) is 11.8 Å². The molecule has 6 heteroatoms. The molecule has 0 unspecified atom stereocenters. The smallest absolute Gasteiger partial charge is 0.201 e. The first-order valence-electron chi connectivity index (χ1n) is 11.2. The predicted molar refractivity (Wildman–Crippen MR) is 122 cm³/mol. The van der Waals surface area contributed by atoms with Crippen LogP contribution >= 0.6 is 0 Å². The molecule has 0 N–H and O–H groups in total. The van der Waals surface area contributed by atoms with Crippen molar-refractivity contribution in [1.29, 1.82) is 0 Å². The van der Waals surface area contributed by atoms with Crippen molar-refractivity contribution in [3.8, 4) is 0 Å². The van der Waals surface area contributed by atoms with Crippen molar-refractivity contribution in [3.05, 3.63) is 65.0 Å². The quantitative estimate of drug-likeness (QED) is 0.344. The van der Waals surface area contributed by atoms with E-state index in [9.17, 15) is 13.6 Å². The van der Waals surface area contributed by atoms with E-state index >= 15 is 0 Å². The first kappa shape index (κ1) is 23.7. The van der Waals surface area contributed by atoms with Gasteiger partial charge in [0.2, 0.25) is 8.32 Å². The van der Waals surface area contributed by atoms with Gasteiger partial charge >= 0.3 is 0 Å². The lowest BCUT2D eigenvalue weighted by Crippen LogP contribution is -2.48. The summed E-state index contributed by atoms with van der Waals surface area (Å²) in [6, 6.07) is 6.86. The third-order valence-corrected chi connectivity index (χ3v) is 12.9. The van der Waals surface area contributed by atoms with E-state index in [1.807, 2.05) is 0 Å². The summed E-state index contributed by atoms with van der Waals surface area (Å²) in [5.41, 5.74) is 2.72. The Hall–Kier alpha value is -1.92. The number of nitrogens with zero attached hydrogens (tertiary/aromatic N) is 1. The fraction of sp³-hybridized carbons (Fsp3) is 0.520. The van der Waals surface area contributed by atoms with Gasteiger partial charge < -0.3 is 4.43 Å². The maximum atomic E-state index is 13.9. The number of carbonyl (C=O) groups excluding carboxylic acids is 1. The Morgan fingerprint density at radius 2 is 1.55 bits per heavy atom. The third kappa shape index (κ3) is 4.51. The second-order valence-corrected chi connectivity index (χ2v) is 15.0. The highest BCUT2D eigenvalue weighted by Crippen LogP contribution is 2.47. The molecule has 3 nitrogen and oxygen atoms in total. The molecule has 1 aliphatic rings. The summed E-state index contributed by atoms with van der Waals surface area (Å²) in [6.45, 7) is 13.4. The Balaban J connectivity index is 2.06. The molecule has 0 radical (unpaired) electrons. The molecule has 1 aromatic carbocycles. The Morgan fingerprint density at radius 1 is 0.968 bits per heavy atom. The summed E-state index contributed by atoms with van der Waals surface area (Å²) in [5.74, 6) is -2.10. The van der Waals surface area contributed by atoms with E-state index in [2.05, 4.69) is 46.5 Å². The van der Waals surface area contributed by atoms with Crippen LogP contribution < -0.4 is 0 Å². The van der Waals surface area contributed by atoms with Gasteiger partial charge in [0.25, 0.3) is 0 Å². The number of pyridine rings is 1. The molecule has 168 valence electrons. The molecule has 2 atom stereocenters. The molecule has 0 aliphatic heterocycles. The van der Waals surface area contributed by atoms with E-state index in [1.165, 1.54) is 12.1 Å². The topological polar surface area (TPSA) is 39.2 Å². The zero-order valence-corrected chi connectivity index (χ0v) is 20.3. The zero-order chi connectivity index (χ0) is 22.9. The van der Waals surface area contributed by atoms with Crippen LogP contribution in [0.5, 0.6) is 0 Å². The molecule has 0 bridgehead atoms. The molecule has 2 aromatic rings. The van der Waals surface area contributed by atoms with Crippen molar-refractivity contribution >= 4 is 14.1 Å². The molecule has 0 amide bonds. The lowest BCUT2D eigenvalue weighted by Gasteiger charge is -2.44. The number of benzene rings is 1. The number of carbonyl (C=O) groups is 1. The van der Waals surface area contributed by atoms with Gasteiger partial charge in [-0.3, -0.25) is 9.78 Å². The Labute approximate surface area is 185 Å². The van der Waals surface area contributed by atoms with Crippen LogP contribution in [0.1, 0.15) is 88.0 Å². The van der Waals surface area contributed by atoms with Crippen molar-refractivity contribution in [1.82, 2.24) is 4.98 Å². The molecule has 3 rings (SSSR count). The normalized spacial score (nSPS) is 19.8. The first-order valence-corrected chi connectivity index (χ1v) is 13.3. The molecule has 0 saturated carbocycles. The SMILES string of the molecule is CC(C)[Si](O[C@@H]1CC[C@@H](c2cc(F)cc(F)c2)C(=O)c2cccnc21)(C(C)C)C(C)C. The largest absolute Gasteiger partial charge is 0.408 e. The summed E-state index contributed by atoms with van der Waals surface area (Å²) in [5, 5.41) is 0. The first-order chi connectivity index (χ1) is 14.6. The lowest BCUT2D eigenvalue weighted by atomic mass is 9.89. The number of hydrogen-bond donors (Lipinski definition) is 0. The molecule has 1 heterocycles. The monoisotopic (exact) mass is 445 g/mol. The van der Waals surface area contributed by atoms with E-state index < -0.39 is 25.9 Å². The second kappa shape index (κ2) is 9.29. The molecular weight excluding hydrogens is 412 g/mol. The summed E-state index contributed by atoms with van der Waals surface area (Å²) >= 11 is 0. The summed E-state index contributed by atoms with van der Waals surface area (Å²) in [7, 11) is -2.22. The van der Waals surface area contributed by atoms with Gasteiger partial charge in [-0.1, -0.05) is 41.5 Å². The fourth-order valence-electron chi connectivity index (χ4n) is 5.52. The molecule has 1 aliphatic carbocycles. The minimum absolute atomic E-state index is 0.148. The van der Waals surface area contributed by atoms with Gasteiger partial charge in [0.15, 0.2) is 5.78 Å². The number of fused-ring (bicyclic) bond motifs is 1. The second-order valence-electron chi connectivity index (χ2n) is 9.56. The van der Waals surface area contributed by atoms with Crippen molar-refractivity contribution < 1.29 is 18.0 Å². The summed E-state index contributed by atoms with van der Waals surface area (Å²) < 4.78 is 34.8. The zero-order valence-electron chi connectivity index (χ0n) is 19.3. The fourth-order valence-corrected chi connectivity index (χ4v) is 11.1. The third-order valence-electron chi connectivity index (χ3n) is 6.78. The van der Waals surface area contributed by atoms with Crippen molar-refractivity contribution in [2.24, 2.45) is 0 Å². The standard InChI is InChI=1S/C25H33F2NO2Si/c1-15(2)31(16(3)4,17(5)6)30-23-10-9-21(18-12-19(26)14-20(27)13-18)25(29)22-8-7-11-28-24(22)23/h7-8,11-17,21,23H,9-10H2,1-6H3/t21-,23+/m0/s1. The summed E-state index contributed by atoms with van der Waals surface area (Å²) in [4.78, 5) is 18.0. The number of ketones is 1. The molecule has 0 saturated heterocycles. The van der Waals surface area contributed by atoms with E-state index in [4.69, 9.17) is 4.43 Å². The van der Waals surface area contributed by atoms with Crippen molar-refractivity contribution in [2.75, 3.05) is 0 Å². The average Bonchev–Trinajstić information content (AvgIpc) is 2.81. The van der Waals surface area contributed by atoms with Crippen LogP contribution in [-0.2, 0) is 4.43 Å². The lowest BCUT2D eigenvalue weighted by molar-refractivity contribution is 0.0956. The van der Waals surface area contributed by atoms with Crippen LogP contribution in [0.25, 0.3) is 0 Å². The van der Waals surface area contributed by atoms with Crippen LogP contribution in [0.4, 0.5) is 8.78 Å². The molecular formula is C25H33F2NO2Si. The number of halogens is 2. The van der Waals surface area contributed by atoms with Crippen LogP contribution in [0.2, 0.25) is 16.6 Å². The van der Waals surface area contributed by atoms with E-state index in [1.54, 1.807) is 18.3 Å². The van der Waals surface area contributed by atoms with Crippen molar-refractivity contribution in [2.45, 2.75) is 83.0 Å². The average molecular weight is 446 g/mol. The van der Waals surface area contributed by atoms with Crippen molar-refractivity contribution in [3.63, 3.8) is 0 Å². The van der Waals surface area contributed by atoms with E-state index in [-0.39, 0.29) is 11.9 Å². The Bertz CT molecular complexity index is 903. The van der Waals surface area contributed by atoms with Crippen LogP contribution in [-0.4, -0.2) is 19.1 Å². The maximum Gasteiger partial charge on any atom is 0.201 e. The highest BCUT2D eigenvalue weighted by atomic mass is 28.4. The molecule has 1 aromatic heterocycles. The van der Waals surface area contributed by atoms with Gasteiger partial charge in [-0.15, -0.1) is 0 Å². The molecule has 31 heavy (non-hydrogen) atoms. The molecule has 0 spiro atoms. The number of rotatable bonds is 6. The van der Waals surface area contributed by atoms with Gasteiger partial charge in [-0.2, -0.15) is 0 Å². The number of aromatic nitrogens is 1. The highest BCUT2D eigenvalue weighted by molar-refractivity contribution is 6.77. The van der Waals surface area contributed by atoms with E-state index in [0.29, 0.717) is 46.3 Å². The van der Waals surface area contributed by atoms with Gasteiger partial charge in [0, 0.05) is 23.7 Å². The number of Topliss-reactive ketones (excluding diaryl/α,β-unsaturated/α-hetero) is 1. The minimum Gasteiger partial charge on any atom is -0.408 e. The van der Waals surface area contributed by atoms with Gasteiger partial charge in [-0.05, 0) is 59.3 Å². The van der Waals surface area contributed by atoms with Gasteiger partial charge in [0.1, 0.15) is 11.6 Å². The van der Waals surface area contributed by atoms with Crippen LogP contribution in [0, 0.1) is 11.6 Å². The number of hydrogen-bond acceptors (Lipinski definition) is 3. The Morgan fingerprint density at radius 3 is 2.10 bits per heavy atom. The molecule has 0 fully saturated rings. The minimum atomic E-state index is -2.22. The van der Waals surface area contributed by atoms with Crippen LogP contribution in [0.3, 0.4) is 0 Å². The predicted octanol–water partition coefficient (Wildman–Crippen LogP) is 7.35. The van der Waals surface area contributed by atoms with Gasteiger partial charge in [-0.25, -0.2) is 8.78 Å². The summed E-state index contributed by atoms with van der Waals surface area (Å²) in [6.07, 6.45) is 2.43. The van der Waals surface area contributed by atoms with Crippen LogP contribution in [0.15, 0.2) is 36.5 Å². The van der Waals surface area contributed by atoms with E-state index in [0.717, 1.165) is 6.07 Å².